The van der Waals surface area contributed by atoms with Crippen LogP contribution in [0.25, 0.3) is 22.1 Å². The van der Waals surface area contributed by atoms with Crippen molar-refractivity contribution in [3.05, 3.63) is 100 Å². The molecule has 47 heavy (non-hydrogen) atoms. The lowest BCUT2D eigenvalue weighted by Gasteiger charge is -2.36. The van der Waals surface area contributed by atoms with E-state index in [-0.39, 0.29) is 18.1 Å². The third-order valence-electron chi connectivity index (χ3n) is 10.3. The molecule has 0 amide bonds. The lowest BCUT2D eigenvalue weighted by atomic mass is 9.84. The number of carbonyl (C=O) groups excluding carboxylic acids is 1. The molecule has 0 fully saturated rings. The van der Waals surface area contributed by atoms with Crippen LogP contribution in [0, 0.1) is 0 Å². The summed E-state index contributed by atoms with van der Waals surface area (Å²) >= 11 is 0. The Bertz CT molecular complexity index is 2030. The van der Waals surface area contributed by atoms with Gasteiger partial charge in [-0.3, -0.25) is 14.6 Å². The van der Waals surface area contributed by atoms with Crippen LogP contribution in [0.15, 0.2) is 81.0 Å². The van der Waals surface area contributed by atoms with Crippen LogP contribution >= 0.6 is 0 Å². The summed E-state index contributed by atoms with van der Waals surface area (Å²) in [6, 6.07) is 14.7. The average molecular weight is 633 g/mol. The minimum Gasteiger partial charge on any atom is -0.493 e. The summed E-state index contributed by atoms with van der Waals surface area (Å²) in [5.74, 6) is 2.23. The molecule has 2 atom stereocenters. The van der Waals surface area contributed by atoms with Crippen LogP contribution in [0.4, 0.5) is 0 Å². The second-order valence-corrected chi connectivity index (χ2v) is 13.3. The molecule has 8 nitrogen and oxygen atoms in total. The molecular weight excluding hydrogens is 592 g/mol. The van der Waals surface area contributed by atoms with E-state index < -0.39 is 0 Å². The van der Waals surface area contributed by atoms with Gasteiger partial charge in [0.05, 0.1) is 13.4 Å². The van der Waals surface area contributed by atoms with Crippen molar-refractivity contribution in [2.24, 2.45) is 0 Å². The molecule has 0 spiro atoms. The normalized spacial score (nSPS) is 20.9. The number of ether oxygens (including phenoxy) is 3. The zero-order valence-corrected chi connectivity index (χ0v) is 27.4. The minimum absolute atomic E-state index is 0.101. The minimum atomic E-state index is -0.372. The van der Waals surface area contributed by atoms with Gasteiger partial charge in [0, 0.05) is 43.9 Å². The Balaban J connectivity index is 1.38. The van der Waals surface area contributed by atoms with Crippen molar-refractivity contribution in [2.45, 2.75) is 57.5 Å². The molecule has 242 valence electrons. The number of hydrogen-bond donors (Lipinski definition) is 0. The molecule has 7 aliphatic heterocycles. The number of likely N-dealkylation sites (N-methyl/N-ethyl adjacent to an activating group) is 2. The van der Waals surface area contributed by atoms with Crippen LogP contribution < -0.4 is 14.2 Å². The van der Waals surface area contributed by atoms with Gasteiger partial charge in [-0.05, 0) is 116 Å². The van der Waals surface area contributed by atoms with Gasteiger partial charge in [0.15, 0.2) is 34.0 Å². The fourth-order valence-corrected chi connectivity index (χ4v) is 7.77. The summed E-state index contributed by atoms with van der Waals surface area (Å²) in [5, 5.41) is 1.01. The second kappa shape index (κ2) is 11.9. The molecule has 0 saturated carbocycles. The highest BCUT2D eigenvalue weighted by molar-refractivity contribution is 5.89. The Kier molecular flexibility index (Phi) is 7.57. The van der Waals surface area contributed by atoms with Crippen LogP contribution in [-0.2, 0) is 24.1 Å². The molecule has 4 aromatic rings. The number of carbonyl (C=O) groups is 1. The molecule has 3 aromatic carbocycles. The van der Waals surface area contributed by atoms with Gasteiger partial charge in [-0.15, -0.1) is 0 Å². The fraction of sp³-hybridized carbons (Fsp3) is 0.359. The average Bonchev–Trinajstić information content (AvgIpc) is 3.04. The SMILES string of the molecule is COc1cc2c3c4ccoc5cc6c(cc5oc14)CCN(C)C6Cc1ccc(OC(C)=O)c(c1)OC1=CC=C(CC1)CC3N(C)CC2. The summed E-state index contributed by atoms with van der Waals surface area (Å²) in [4.78, 5) is 16.8. The first kappa shape index (κ1) is 29.8. The fourth-order valence-electron chi connectivity index (χ4n) is 7.77. The first-order valence-electron chi connectivity index (χ1n) is 16.5. The van der Waals surface area contributed by atoms with Gasteiger partial charge in [0.25, 0.3) is 0 Å². The van der Waals surface area contributed by atoms with Crippen molar-refractivity contribution in [1.29, 1.82) is 0 Å². The van der Waals surface area contributed by atoms with E-state index in [9.17, 15) is 4.79 Å². The van der Waals surface area contributed by atoms with Crippen molar-refractivity contribution in [3.8, 4) is 17.2 Å². The molecule has 12 bridgehead atoms. The van der Waals surface area contributed by atoms with Crippen LogP contribution in [0.1, 0.15) is 66.1 Å². The molecule has 0 radical (unpaired) electrons. The lowest BCUT2D eigenvalue weighted by Crippen LogP contribution is -2.33. The molecule has 1 aromatic heterocycles. The van der Waals surface area contributed by atoms with E-state index in [1.807, 2.05) is 24.5 Å². The highest BCUT2D eigenvalue weighted by Crippen LogP contribution is 2.44. The van der Waals surface area contributed by atoms with E-state index in [1.54, 1.807) is 7.11 Å². The molecule has 0 N–H and O–H groups in total. The topological polar surface area (TPSA) is 77.5 Å². The maximum Gasteiger partial charge on any atom is 0.308 e. The monoisotopic (exact) mass is 632 g/mol. The summed E-state index contributed by atoms with van der Waals surface area (Å²) in [6.07, 6.45) is 11.2. The van der Waals surface area contributed by atoms with E-state index >= 15 is 0 Å². The summed E-state index contributed by atoms with van der Waals surface area (Å²) in [6.45, 7) is 3.29. The van der Waals surface area contributed by atoms with E-state index in [0.717, 1.165) is 79.7 Å². The highest BCUT2D eigenvalue weighted by Gasteiger charge is 2.31. The van der Waals surface area contributed by atoms with Gasteiger partial charge in [-0.2, -0.15) is 0 Å². The number of allylic oxidation sites excluding steroid dienone is 3. The zero-order valence-electron chi connectivity index (χ0n) is 27.4. The standard InChI is InChI=1S/C39H40N2O6/c1-23(42)45-33-10-7-25-18-31-30-22-34-36(20-26(30)11-14-40(31)2)47-39-29(13-16-44-34)38-27(21-37(39)43-4)12-15-41(3)32(38)17-24-5-8-28(9-6-24)46-35(33)19-25/h5,7-8,10,13,16,19-22,31-32H,6,9,11-12,14-15,17-18H2,1-4H3. The van der Waals surface area contributed by atoms with Crippen molar-refractivity contribution in [2.75, 3.05) is 34.3 Å². The maximum absolute atomic E-state index is 12.0. The Hall–Kier alpha value is -4.53. The smallest absolute Gasteiger partial charge is 0.308 e. The number of hydrogen-bond acceptors (Lipinski definition) is 8. The number of esters is 1. The number of benzene rings is 3. The van der Waals surface area contributed by atoms with Gasteiger partial charge in [-0.1, -0.05) is 17.7 Å². The summed E-state index contributed by atoms with van der Waals surface area (Å²) in [5.41, 5.74) is 9.56. The van der Waals surface area contributed by atoms with Crippen molar-refractivity contribution < 1.29 is 27.8 Å². The number of rotatable bonds is 2. The lowest BCUT2D eigenvalue weighted by molar-refractivity contribution is -0.132. The van der Waals surface area contributed by atoms with Crippen LogP contribution in [0.3, 0.4) is 0 Å². The maximum atomic E-state index is 12.0. The molecule has 8 heterocycles. The molecular formula is C39H40N2O6. The van der Waals surface area contributed by atoms with Gasteiger partial charge in [0.2, 0.25) is 0 Å². The Morgan fingerprint density at radius 2 is 1.68 bits per heavy atom. The molecule has 12 rings (SSSR count). The third kappa shape index (κ3) is 5.49. The van der Waals surface area contributed by atoms with Crippen LogP contribution in [0.2, 0.25) is 0 Å². The summed E-state index contributed by atoms with van der Waals surface area (Å²) < 4.78 is 31.3. The quantitative estimate of drug-likeness (QED) is 0.163. The van der Waals surface area contributed by atoms with E-state index in [4.69, 9.17) is 23.0 Å². The molecule has 1 aliphatic carbocycles. The van der Waals surface area contributed by atoms with E-state index in [2.05, 4.69) is 60.3 Å². The number of methoxy groups -OCH3 is 1. The Labute approximate surface area is 274 Å². The van der Waals surface area contributed by atoms with Gasteiger partial charge in [0.1, 0.15) is 5.76 Å². The first-order valence-corrected chi connectivity index (χ1v) is 16.5. The van der Waals surface area contributed by atoms with Crippen LogP contribution in [0.5, 0.6) is 17.2 Å². The predicted octanol–water partition coefficient (Wildman–Crippen LogP) is 7.92. The van der Waals surface area contributed by atoms with E-state index in [0.29, 0.717) is 22.7 Å². The molecule has 8 aliphatic rings. The first-order chi connectivity index (χ1) is 22.8. The summed E-state index contributed by atoms with van der Waals surface area (Å²) in [7, 11) is 6.09. The van der Waals surface area contributed by atoms with Crippen LogP contribution in [-0.4, -0.2) is 50.1 Å². The Morgan fingerprint density at radius 3 is 2.47 bits per heavy atom. The second-order valence-electron chi connectivity index (χ2n) is 13.3. The van der Waals surface area contributed by atoms with Gasteiger partial charge >= 0.3 is 5.97 Å². The molecule has 8 heteroatoms. The van der Waals surface area contributed by atoms with Crippen molar-refractivity contribution in [3.63, 3.8) is 0 Å². The third-order valence-corrected chi connectivity index (χ3v) is 10.3. The van der Waals surface area contributed by atoms with Gasteiger partial charge in [-0.25, -0.2) is 0 Å². The molecule has 2 unspecified atom stereocenters. The molecule has 0 saturated heterocycles. The zero-order chi connectivity index (χ0) is 32.2. The van der Waals surface area contributed by atoms with E-state index in [1.165, 1.54) is 34.8 Å². The number of nitrogens with zero attached hydrogens (tertiary/aromatic N) is 2. The van der Waals surface area contributed by atoms with Gasteiger partial charge < -0.3 is 23.0 Å². The Morgan fingerprint density at radius 1 is 0.851 bits per heavy atom. The largest absolute Gasteiger partial charge is 0.493 e. The van der Waals surface area contributed by atoms with Crippen molar-refractivity contribution in [1.82, 2.24) is 9.80 Å². The highest BCUT2D eigenvalue weighted by atomic mass is 16.6. The van der Waals surface area contributed by atoms with Crippen molar-refractivity contribution >= 4 is 28.1 Å². The predicted molar refractivity (Wildman–Crippen MR) is 180 cm³/mol.